The molecule has 0 amide bonds. The van der Waals surface area contributed by atoms with Gasteiger partial charge in [0, 0.05) is 20.2 Å². The summed E-state index contributed by atoms with van der Waals surface area (Å²) in [5.74, 6) is 0.882. The minimum Gasteiger partial charge on any atom is -0.491 e. The number of fused-ring (bicyclic) bond motifs is 1. The average Bonchev–Trinajstić information content (AvgIpc) is 2.45. The standard InChI is InChI=1S/C15H18BrNO2/c1-18-10-8-17-9-11-19-14-7-6-12-4-2-3-5-13(12)15(14)16/h2-7,17H,8-11H2,1H3. The van der Waals surface area contributed by atoms with Gasteiger partial charge in [-0.05, 0) is 32.8 Å². The molecule has 0 heterocycles. The summed E-state index contributed by atoms with van der Waals surface area (Å²) in [6, 6.07) is 12.3. The molecule has 0 radical (unpaired) electrons. The zero-order valence-electron chi connectivity index (χ0n) is 11.0. The van der Waals surface area contributed by atoms with Crippen LogP contribution in [0.2, 0.25) is 0 Å². The molecule has 0 fully saturated rings. The van der Waals surface area contributed by atoms with Crippen LogP contribution < -0.4 is 10.1 Å². The van der Waals surface area contributed by atoms with E-state index in [9.17, 15) is 0 Å². The summed E-state index contributed by atoms with van der Waals surface area (Å²) in [7, 11) is 1.70. The van der Waals surface area contributed by atoms with E-state index in [4.69, 9.17) is 9.47 Å². The highest BCUT2D eigenvalue weighted by Gasteiger charge is 2.05. The van der Waals surface area contributed by atoms with E-state index in [1.165, 1.54) is 10.8 Å². The van der Waals surface area contributed by atoms with E-state index in [2.05, 4.69) is 39.4 Å². The highest BCUT2D eigenvalue weighted by atomic mass is 79.9. The number of hydrogen-bond donors (Lipinski definition) is 1. The molecule has 0 aromatic heterocycles. The summed E-state index contributed by atoms with van der Waals surface area (Å²) in [5, 5.41) is 5.63. The molecule has 4 heteroatoms. The predicted octanol–water partition coefficient (Wildman–Crippen LogP) is 3.22. The molecule has 0 unspecified atom stereocenters. The lowest BCUT2D eigenvalue weighted by Gasteiger charge is -2.11. The van der Waals surface area contributed by atoms with E-state index in [1.807, 2.05) is 18.2 Å². The zero-order chi connectivity index (χ0) is 13.5. The molecule has 2 aromatic carbocycles. The molecule has 0 aliphatic carbocycles. The molecule has 0 atom stereocenters. The molecule has 19 heavy (non-hydrogen) atoms. The first kappa shape index (κ1) is 14.3. The number of rotatable bonds is 7. The Kier molecular flexibility index (Phi) is 5.63. The molecule has 0 aliphatic heterocycles. The fraction of sp³-hybridized carbons (Fsp3) is 0.333. The van der Waals surface area contributed by atoms with E-state index < -0.39 is 0 Å². The third-order valence-electron chi connectivity index (χ3n) is 2.85. The maximum absolute atomic E-state index is 5.77. The second-order valence-electron chi connectivity index (χ2n) is 4.19. The van der Waals surface area contributed by atoms with Crippen LogP contribution in [0.5, 0.6) is 5.75 Å². The number of halogens is 1. The number of nitrogens with one attached hydrogen (secondary N) is 1. The fourth-order valence-electron chi connectivity index (χ4n) is 1.86. The fourth-order valence-corrected chi connectivity index (χ4v) is 2.47. The van der Waals surface area contributed by atoms with Gasteiger partial charge in [-0.2, -0.15) is 0 Å². The van der Waals surface area contributed by atoms with E-state index in [1.54, 1.807) is 7.11 Å². The summed E-state index contributed by atoms with van der Waals surface area (Å²) in [5.41, 5.74) is 0. The Hall–Kier alpha value is -1.10. The van der Waals surface area contributed by atoms with Crippen molar-refractivity contribution in [3.63, 3.8) is 0 Å². The summed E-state index contributed by atoms with van der Waals surface area (Å²) in [4.78, 5) is 0. The predicted molar refractivity (Wildman–Crippen MR) is 81.9 cm³/mol. The monoisotopic (exact) mass is 323 g/mol. The van der Waals surface area contributed by atoms with Gasteiger partial charge in [-0.25, -0.2) is 0 Å². The molecule has 0 aliphatic rings. The minimum absolute atomic E-state index is 0.640. The molecule has 102 valence electrons. The van der Waals surface area contributed by atoms with Gasteiger partial charge in [-0.15, -0.1) is 0 Å². The van der Waals surface area contributed by atoms with Gasteiger partial charge in [0.25, 0.3) is 0 Å². The Morgan fingerprint density at radius 1 is 1.05 bits per heavy atom. The maximum Gasteiger partial charge on any atom is 0.134 e. The van der Waals surface area contributed by atoms with Gasteiger partial charge in [0.05, 0.1) is 11.1 Å². The second kappa shape index (κ2) is 7.48. The van der Waals surface area contributed by atoms with Crippen molar-refractivity contribution in [3.05, 3.63) is 40.9 Å². The quantitative estimate of drug-likeness (QED) is 0.794. The Labute approximate surface area is 122 Å². The van der Waals surface area contributed by atoms with E-state index in [-0.39, 0.29) is 0 Å². The third kappa shape index (κ3) is 3.93. The lowest BCUT2D eigenvalue weighted by Crippen LogP contribution is -2.24. The van der Waals surface area contributed by atoms with Gasteiger partial charge in [0.1, 0.15) is 12.4 Å². The van der Waals surface area contributed by atoms with E-state index in [0.29, 0.717) is 6.61 Å². The average molecular weight is 324 g/mol. The number of methoxy groups -OCH3 is 1. The van der Waals surface area contributed by atoms with Crippen LogP contribution in [0.4, 0.5) is 0 Å². The van der Waals surface area contributed by atoms with Crippen LogP contribution in [0.25, 0.3) is 10.8 Å². The van der Waals surface area contributed by atoms with E-state index in [0.717, 1.165) is 29.9 Å². The van der Waals surface area contributed by atoms with Crippen molar-refractivity contribution in [2.24, 2.45) is 0 Å². The first-order chi connectivity index (χ1) is 9.33. The molecule has 0 bridgehead atoms. The first-order valence-electron chi connectivity index (χ1n) is 6.32. The summed E-state index contributed by atoms with van der Waals surface area (Å²) >= 11 is 3.61. The lowest BCUT2D eigenvalue weighted by atomic mass is 10.1. The normalized spacial score (nSPS) is 10.8. The molecular weight excluding hydrogens is 306 g/mol. The highest BCUT2D eigenvalue weighted by Crippen LogP contribution is 2.32. The number of benzene rings is 2. The third-order valence-corrected chi connectivity index (χ3v) is 3.67. The molecule has 0 spiro atoms. The first-order valence-corrected chi connectivity index (χ1v) is 7.12. The summed E-state index contributed by atoms with van der Waals surface area (Å²) in [6.45, 7) is 3.02. The molecule has 2 aromatic rings. The van der Waals surface area contributed by atoms with Gasteiger partial charge in [0.2, 0.25) is 0 Å². The molecule has 3 nitrogen and oxygen atoms in total. The van der Waals surface area contributed by atoms with Gasteiger partial charge in [-0.1, -0.05) is 30.3 Å². The van der Waals surface area contributed by atoms with Crippen LogP contribution in [-0.4, -0.2) is 33.4 Å². The second-order valence-corrected chi connectivity index (χ2v) is 4.98. The zero-order valence-corrected chi connectivity index (χ0v) is 12.6. The molecule has 0 saturated heterocycles. The van der Waals surface area contributed by atoms with Gasteiger partial charge >= 0.3 is 0 Å². The van der Waals surface area contributed by atoms with Gasteiger partial charge in [-0.3, -0.25) is 0 Å². The Balaban J connectivity index is 1.92. The van der Waals surface area contributed by atoms with Crippen LogP contribution in [0.1, 0.15) is 0 Å². The smallest absolute Gasteiger partial charge is 0.134 e. The Morgan fingerprint density at radius 3 is 2.68 bits per heavy atom. The van der Waals surface area contributed by atoms with E-state index >= 15 is 0 Å². The van der Waals surface area contributed by atoms with Crippen molar-refractivity contribution in [3.8, 4) is 5.75 Å². The van der Waals surface area contributed by atoms with Gasteiger partial charge in [0.15, 0.2) is 0 Å². The minimum atomic E-state index is 0.640. The largest absolute Gasteiger partial charge is 0.491 e. The van der Waals surface area contributed by atoms with Crippen LogP contribution in [-0.2, 0) is 4.74 Å². The van der Waals surface area contributed by atoms with Crippen LogP contribution in [0, 0.1) is 0 Å². The Morgan fingerprint density at radius 2 is 1.84 bits per heavy atom. The SMILES string of the molecule is COCCNCCOc1ccc2ccccc2c1Br. The molecule has 2 rings (SSSR count). The number of hydrogen-bond acceptors (Lipinski definition) is 3. The van der Waals surface area contributed by atoms with Crippen molar-refractivity contribution in [2.75, 3.05) is 33.4 Å². The van der Waals surface area contributed by atoms with Crippen molar-refractivity contribution in [1.29, 1.82) is 0 Å². The molecular formula is C15H18BrNO2. The van der Waals surface area contributed by atoms with Crippen LogP contribution >= 0.6 is 15.9 Å². The molecule has 0 saturated carbocycles. The molecule has 1 N–H and O–H groups in total. The van der Waals surface area contributed by atoms with Crippen LogP contribution in [0.3, 0.4) is 0 Å². The topological polar surface area (TPSA) is 30.5 Å². The highest BCUT2D eigenvalue weighted by molar-refractivity contribution is 9.10. The summed E-state index contributed by atoms with van der Waals surface area (Å²) in [6.07, 6.45) is 0. The Bertz CT molecular complexity index is 531. The summed E-state index contributed by atoms with van der Waals surface area (Å²) < 4.78 is 11.8. The maximum atomic E-state index is 5.77. The van der Waals surface area contributed by atoms with Crippen molar-refractivity contribution < 1.29 is 9.47 Å². The van der Waals surface area contributed by atoms with Crippen molar-refractivity contribution >= 4 is 26.7 Å². The van der Waals surface area contributed by atoms with Gasteiger partial charge < -0.3 is 14.8 Å². The lowest BCUT2D eigenvalue weighted by molar-refractivity contribution is 0.196. The van der Waals surface area contributed by atoms with Crippen molar-refractivity contribution in [2.45, 2.75) is 0 Å². The van der Waals surface area contributed by atoms with Crippen LogP contribution in [0.15, 0.2) is 40.9 Å². The number of ether oxygens (including phenoxy) is 2. The van der Waals surface area contributed by atoms with Crippen molar-refractivity contribution in [1.82, 2.24) is 5.32 Å².